The molecule has 2 aromatic heterocycles. The highest BCUT2D eigenvalue weighted by Gasteiger charge is 2.13. The largest absolute Gasteiger partial charge is 0.479 e. The van der Waals surface area contributed by atoms with Crippen LogP contribution in [0, 0.1) is 20.8 Å². The molecule has 0 aliphatic carbocycles. The average Bonchev–Trinajstić information content (AvgIpc) is 2.95. The number of carboxylic acid groups (broad SMARTS) is 1. The van der Waals surface area contributed by atoms with Crippen LogP contribution in [0.4, 0.5) is 46.5 Å². The number of nitrogens with one attached hydrogen (secondary N) is 4. The van der Waals surface area contributed by atoms with Gasteiger partial charge < -0.3 is 31.5 Å². The Labute approximate surface area is 251 Å². The lowest BCUT2D eigenvalue weighted by atomic mass is 10.1. The van der Waals surface area contributed by atoms with Crippen LogP contribution in [0.5, 0.6) is 6.01 Å². The second-order valence-electron chi connectivity index (χ2n) is 9.65. The molecule has 0 aliphatic heterocycles. The topological polar surface area (TPSA) is 212 Å². The van der Waals surface area contributed by atoms with Crippen LogP contribution in [0.15, 0.2) is 60.7 Å². The first-order valence-corrected chi connectivity index (χ1v) is 13.2. The summed E-state index contributed by atoms with van der Waals surface area (Å²) in [6.45, 7) is 5.61. The van der Waals surface area contributed by atoms with Crippen LogP contribution in [-0.2, 0) is 11.5 Å². The maximum Gasteiger partial charge on any atom is 0.335 e. The van der Waals surface area contributed by atoms with Crippen LogP contribution < -0.4 is 21.3 Å². The van der Waals surface area contributed by atoms with Crippen molar-refractivity contribution >= 4 is 52.5 Å². The Morgan fingerprint density at radius 2 is 1.23 bits per heavy atom. The Morgan fingerprint density at radius 3 is 1.82 bits per heavy atom. The monoisotopic (exact) mass is 596 g/mol. The van der Waals surface area contributed by atoms with Gasteiger partial charge in [-0.1, -0.05) is 18.2 Å². The first-order chi connectivity index (χ1) is 21.1. The van der Waals surface area contributed by atoms with Gasteiger partial charge in [-0.15, -0.1) is 0 Å². The van der Waals surface area contributed by atoms with Gasteiger partial charge in [0.15, 0.2) is 0 Å². The lowest BCUT2D eigenvalue weighted by Crippen LogP contribution is -2.07. The fraction of sp³-hybridized carbons (Fsp3) is 0.138. The van der Waals surface area contributed by atoms with Crippen LogP contribution in [-0.4, -0.2) is 51.3 Å². The zero-order valence-corrected chi connectivity index (χ0v) is 23.8. The third kappa shape index (κ3) is 7.47. The summed E-state index contributed by atoms with van der Waals surface area (Å²) in [5.41, 5.74) is 5.12. The number of nitrogens with zero attached hydrogens (tertiary/aromatic N) is 6. The number of carbonyl (C=O) groups is 1. The molecule has 0 radical (unpaired) electrons. The maximum absolute atomic E-state index is 11.3. The predicted octanol–water partition coefficient (Wildman–Crippen LogP) is 5.35. The van der Waals surface area contributed by atoms with E-state index in [1.165, 1.54) is 12.1 Å². The first kappa shape index (κ1) is 29.6. The lowest BCUT2D eigenvalue weighted by Gasteiger charge is -2.15. The van der Waals surface area contributed by atoms with Gasteiger partial charge in [-0.3, -0.25) is 5.26 Å². The molecule has 5 aromatic rings. The SMILES string of the molecule is Cc1nc(Nc2cccc(COO)c2)nc(Nc2cc(C)c(Nc3nc(O)nc(Nc4cccc(C(=O)O)c4)n3)cc2C)n1. The minimum atomic E-state index is -1.07. The van der Waals surface area contributed by atoms with Gasteiger partial charge in [-0.05, 0) is 79.9 Å². The van der Waals surface area contributed by atoms with Crippen molar-refractivity contribution in [2.45, 2.75) is 27.4 Å². The van der Waals surface area contributed by atoms with E-state index in [9.17, 15) is 15.0 Å². The lowest BCUT2D eigenvalue weighted by molar-refractivity contribution is -0.252. The highest BCUT2D eigenvalue weighted by atomic mass is 17.1. The predicted molar refractivity (Wildman–Crippen MR) is 162 cm³/mol. The third-order valence-electron chi connectivity index (χ3n) is 6.22. The molecule has 0 bridgehead atoms. The van der Waals surface area contributed by atoms with Crippen molar-refractivity contribution in [2.75, 3.05) is 21.3 Å². The molecule has 15 nitrogen and oxygen atoms in total. The molecule has 0 aliphatic rings. The number of hydrogen-bond donors (Lipinski definition) is 7. The van der Waals surface area contributed by atoms with Crippen LogP contribution in [0.25, 0.3) is 0 Å². The minimum Gasteiger partial charge on any atom is -0.479 e. The molecule has 7 N–H and O–H groups in total. The van der Waals surface area contributed by atoms with Gasteiger partial charge in [0.25, 0.3) is 0 Å². The van der Waals surface area contributed by atoms with Gasteiger partial charge in [0.2, 0.25) is 23.8 Å². The summed E-state index contributed by atoms with van der Waals surface area (Å²) >= 11 is 0. The Kier molecular flexibility index (Phi) is 8.69. The molecule has 0 unspecified atom stereocenters. The zero-order chi connectivity index (χ0) is 31.2. The number of aromatic nitrogens is 6. The quantitative estimate of drug-likeness (QED) is 0.0756. The van der Waals surface area contributed by atoms with Gasteiger partial charge >= 0.3 is 12.0 Å². The van der Waals surface area contributed by atoms with E-state index in [0.29, 0.717) is 29.1 Å². The number of rotatable bonds is 11. The van der Waals surface area contributed by atoms with Crippen LogP contribution >= 0.6 is 0 Å². The van der Waals surface area contributed by atoms with Gasteiger partial charge in [0.1, 0.15) is 12.4 Å². The fourth-order valence-electron chi connectivity index (χ4n) is 4.20. The second-order valence-corrected chi connectivity index (χ2v) is 9.65. The summed E-state index contributed by atoms with van der Waals surface area (Å²) in [5, 5.41) is 40.5. The van der Waals surface area contributed by atoms with Crippen LogP contribution in [0.3, 0.4) is 0 Å². The van der Waals surface area contributed by atoms with E-state index in [2.05, 4.69) is 56.1 Å². The molecule has 0 fully saturated rings. The van der Waals surface area contributed by atoms with E-state index in [-0.39, 0.29) is 24.1 Å². The Balaban J connectivity index is 1.32. The molecule has 15 heteroatoms. The summed E-state index contributed by atoms with van der Waals surface area (Å²) in [7, 11) is 0. The van der Waals surface area contributed by atoms with E-state index in [0.717, 1.165) is 28.1 Å². The minimum absolute atomic E-state index is 0.0262. The Morgan fingerprint density at radius 1 is 0.705 bits per heavy atom. The Bertz CT molecular complexity index is 1840. The smallest absolute Gasteiger partial charge is 0.335 e. The molecule has 0 saturated carbocycles. The van der Waals surface area contributed by atoms with Gasteiger partial charge in [0, 0.05) is 22.7 Å². The molecular formula is C29H28N10O5. The van der Waals surface area contributed by atoms with Gasteiger partial charge in [-0.2, -0.15) is 29.9 Å². The van der Waals surface area contributed by atoms with Crippen molar-refractivity contribution in [3.63, 3.8) is 0 Å². The van der Waals surface area contributed by atoms with E-state index in [1.54, 1.807) is 19.1 Å². The summed E-state index contributed by atoms with van der Waals surface area (Å²) in [5.74, 6) is 0.208. The fourth-order valence-corrected chi connectivity index (χ4v) is 4.20. The number of hydrogen-bond acceptors (Lipinski definition) is 14. The highest BCUT2D eigenvalue weighted by molar-refractivity contribution is 5.89. The van der Waals surface area contributed by atoms with E-state index in [1.807, 2.05) is 50.2 Å². The molecule has 5 rings (SSSR count). The summed E-state index contributed by atoms with van der Waals surface area (Å²) in [6, 6.07) is 16.7. The van der Waals surface area contributed by atoms with Crippen molar-refractivity contribution in [3.05, 3.63) is 88.7 Å². The van der Waals surface area contributed by atoms with E-state index >= 15 is 0 Å². The van der Waals surface area contributed by atoms with Crippen molar-refractivity contribution in [3.8, 4) is 6.01 Å². The number of aromatic hydroxyl groups is 1. The van der Waals surface area contributed by atoms with Gasteiger partial charge in [0.05, 0.1) is 5.56 Å². The number of aryl methyl sites for hydroxylation is 3. The molecule has 0 spiro atoms. The molecule has 44 heavy (non-hydrogen) atoms. The number of aromatic carboxylic acids is 1. The molecule has 3 aromatic carbocycles. The molecule has 0 atom stereocenters. The second kappa shape index (κ2) is 12.9. The molecule has 0 saturated heterocycles. The number of carboxylic acids is 1. The van der Waals surface area contributed by atoms with Crippen molar-refractivity contribution in [1.29, 1.82) is 0 Å². The van der Waals surface area contributed by atoms with Crippen molar-refractivity contribution in [2.24, 2.45) is 0 Å². The third-order valence-corrected chi connectivity index (χ3v) is 6.22. The number of benzene rings is 3. The Hall–Kier alpha value is -5.93. The van der Waals surface area contributed by atoms with E-state index < -0.39 is 12.0 Å². The normalized spacial score (nSPS) is 10.7. The zero-order valence-electron chi connectivity index (χ0n) is 23.8. The molecule has 2 heterocycles. The highest BCUT2D eigenvalue weighted by Crippen LogP contribution is 2.29. The maximum atomic E-state index is 11.3. The standard InChI is InChI=1S/C29H28N10O5/c1-15-11-23(35-28-37-27(38-29(42)39-28)33-21-9-5-7-19(13-21)24(40)41)16(2)10-22(15)34-26-31-17(3)30-25(36-26)32-20-8-4-6-18(12-20)14-44-43/h4-13,43H,14H2,1-3H3,(H,40,41)(H2,30,31,32,34,36)(H3,33,35,37,38,39,42). The summed E-state index contributed by atoms with van der Waals surface area (Å²) < 4.78 is 0. The van der Waals surface area contributed by atoms with Crippen molar-refractivity contribution in [1.82, 2.24) is 29.9 Å². The molecular weight excluding hydrogens is 568 g/mol. The molecule has 0 amide bonds. The summed E-state index contributed by atoms with van der Waals surface area (Å²) in [4.78, 5) is 40.9. The number of anilines is 8. The molecule has 224 valence electrons. The van der Waals surface area contributed by atoms with Crippen LogP contribution in [0.2, 0.25) is 0 Å². The summed E-state index contributed by atoms with van der Waals surface area (Å²) in [6.07, 6.45) is 0. The van der Waals surface area contributed by atoms with Crippen molar-refractivity contribution < 1.29 is 25.2 Å². The van der Waals surface area contributed by atoms with E-state index in [4.69, 9.17) is 5.26 Å². The van der Waals surface area contributed by atoms with Gasteiger partial charge in [-0.25, -0.2) is 9.68 Å². The average molecular weight is 597 g/mol. The van der Waals surface area contributed by atoms with Crippen LogP contribution in [0.1, 0.15) is 32.9 Å². The first-order valence-electron chi connectivity index (χ1n) is 13.2.